The normalized spacial score (nSPS) is 28.0. The summed E-state index contributed by atoms with van der Waals surface area (Å²) in [7, 11) is 0. The average Bonchev–Trinajstić information content (AvgIpc) is 3.06. The van der Waals surface area contributed by atoms with Crippen LogP contribution in [0.25, 0.3) is 0 Å². The standard InChI is InChI=1S/C20H30F2N2O4/c1-5-10-27-15(25)11-19(7-8-19)12-23-9-6-14-16(23)20(21,22)13-24(14)17(26)28-18(2,3)4/h5,14,16H,1,6-13H2,2-4H3/t14-,16+/m0/s1. The van der Waals surface area contributed by atoms with Crippen molar-refractivity contribution >= 4 is 12.1 Å². The highest BCUT2D eigenvalue weighted by Gasteiger charge is 2.62. The van der Waals surface area contributed by atoms with E-state index in [1.165, 1.54) is 11.0 Å². The molecule has 1 amide bonds. The Morgan fingerprint density at radius 1 is 1.29 bits per heavy atom. The fraction of sp³-hybridized carbons (Fsp3) is 0.800. The summed E-state index contributed by atoms with van der Waals surface area (Å²) in [4.78, 5) is 27.3. The topological polar surface area (TPSA) is 59.1 Å². The third-order valence-electron chi connectivity index (χ3n) is 5.69. The van der Waals surface area contributed by atoms with Gasteiger partial charge in [0.25, 0.3) is 5.92 Å². The third-order valence-corrected chi connectivity index (χ3v) is 5.69. The van der Waals surface area contributed by atoms with E-state index in [1.54, 1.807) is 25.7 Å². The van der Waals surface area contributed by atoms with Gasteiger partial charge in [-0.25, -0.2) is 13.6 Å². The lowest BCUT2D eigenvalue weighted by Crippen LogP contribution is -2.47. The van der Waals surface area contributed by atoms with Gasteiger partial charge in [-0.15, -0.1) is 0 Å². The van der Waals surface area contributed by atoms with E-state index in [0.29, 0.717) is 19.5 Å². The molecule has 0 radical (unpaired) electrons. The van der Waals surface area contributed by atoms with Crippen molar-refractivity contribution in [1.29, 1.82) is 0 Å². The van der Waals surface area contributed by atoms with Crippen LogP contribution in [0, 0.1) is 5.41 Å². The fourth-order valence-corrected chi connectivity index (χ4v) is 4.36. The molecular formula is C20H30F2N2O4. The van der Waals surface area contributed by atoms with Gasteiger partial charge in [-0.2, -0.15) is 0 Å². The van der Waals surface area contributed by atoms with E-state index in [-0.39, 0.29) is 24.4 Å². The van der Waals surface area contributed by atoms with Crippen molar-refractivity contribution in [2.75, 3.05) is 26.2 Å². The Balaban J connectivity index is 1.65. The molecule has 0 bridgehead atoms. The molecule has 2 aliphatic heterocycles. The number of fused-ring (bicyclic) bond motifs is 1. The van der Waals surface area contributed by atoms with E-state index in [2.05, 4.69) is 6.58 Å². The van der Waals surface area contributed by atoms with Crippen LogP contribution in [-0.2, 0) is 14.3 Å². The summed E-state index contributed by atoms with van der Waals surface area (Å²) in [6.45, 7) is 9.12. The molecule has 3 rings (SSSR count). The highest BCUT2D eigenvalue weighted by Crippen LogP contribution is 2.52. The van der Waals surface area contributed by atoms with Crippen molar-refractivity contribution in [2.45, 2.75) is 70.1 Å². The Bertz CT molecular complexity index is 643. The van der Waals surface area contributed by atoms with Gasteiger partial charge in [-0.1, -0.05) is 12.7 Å². The second-order valence-corrected chi connectivity index (χ2v) is 9.29. The van der Waals surface area contributed by atoms with E-state index < -0.39 is 36.2 Å². The SMILES string of the molecule is C=CCOC(=O)CC1(CN2CC[C@H]3[C@@H]2C(F)(F)CN3C(=O)OC(C)(C)C)CC1. The highest BCUT2D eigenvalue weighted by atomic mass is 19.3. The van der Waals surface area contributed by atoms with Crippen molar-refractivity contribution in [1.82, 2.24) is 9.80 Å². The van der Waals surface area contributed by atoms with Gasteiger partial charge in [-0.05, 0) is 45.4 Å². The Morgan fingerprint density at radius 3 is 2.54 bits per heavy atom. The maximum absolute atomic E-state index is 14.8. The summed E-state index contributed by atoms with van der Waals surface area (Å²) >= 11 is 0. The lowest BCUT2D eigenvalue weighted by atomic mass is 10.00. The summed E-state index contributed by atoms with van der Waals surface area (Å²) in [5.41, 5.74) is -1.02. The minimum atomic E-state index is -3.00. The number of amides is 1. The number of alkyl halides is 2. The van der Waals surface area contributed by atoms with Gasteiger partial charge >= 0.3 is 12.1 Å². The van der Waals surface area contributed by atoms with Crippen LogP contribution in [0.1, 0.15) is 46.5 Å². The van der Waals surface area contributed by atoms with Gasteiger partial charge in [0.1, 0.15) is 12.2 Å². The van der Waals surface area contributed by atoms with E-state index >= 15 is 0 Å². The lowest BCUT2D eigenvalue weighted by Gasteiger charge is -2.31. The maximum atomic E-state index is 14.8. The summed E-state index contributed by atoms with van der Waals surface area (Å²) in [5, 5.41) is 0. The number of ether oxygens (including phenoxy) is 2. The maximum Gasteiger partial charge on any atom is 0.410 e. The molecule has 0 unspecified atom stereocenters. The predicted octanol–water partition coefficient (Wildman–Crippen LogP) is 3.21. The number of rotatable bonds is 6. The Kier molecular flexibility index (Phi) is 5.47. The monoisotopic (exact) mass is 400 g/mol. The van der Waals surface area contributed by atoms with Crippen molar-refractivity contribution in [3.05, 3.63) is 12.7 Å². The number of hydrogen-bond acceptors (Lipinski definition) is 5. The number of carbonyl (C=O) groups is 2. The van der Waals surface area contributed by atoms with Gasteiger partial charge < -0.3 is 9.47 Å². The zero-order chi connectivity index (χ0) is 20.7. The predicted molar refractivity (Wildman–Crippen MR) is 99.1 cm³/mol. The van der Waals surface area contributed by atoms with E-state index in [4.69, 9.17) is 9.47 Å². The number of halogens is 2. The molecular weight excluding hydrogens is 370 g/mol. The van der Waals surface area contributed by atoms with Gasteiger partial charge in [0.2, 0.25) is 0 Å². The van der Waals surface area contributed by atoms with Gasteiger partial charge in [0.15, 0.2) is 0 Å². The molecule has 1 saturated carbocycles. The largest absolute Gasteiger partial charge is 0.461 e. The smallest absolute Gasteiger partial charge is 0.410 e. The van der Waals surface area contributed by atoms with Crippen molar-refractivity contribution in [2.24, 2.45) is 5.41 Å². The van der Waals surface area contributed by atoms with Crippen LogP contribution in [0.5, 0.6) is 0 Å². The molecule has 0 N–H and O–H groups in total. The minimum absolute atomic E-state index is 0.159. The Morgan fingerprint density at radius 2 is 1.96 bits per heavy atom. The molecule has 6 nitrogen and oxygen atoms in total. The minimum Gasteiger partial charge on any atom is -0.461 e. The third kappa shape index (κ3) is 4.47. The Labute approximate surface area is 164 Å². The van der Waals surface area contributed by atoms with Crippen LogP contribution in [0.4, 0.5) is 13.6 Å². The Hall–Kier alpha value is -1.70. The van der Waals surface area contributed by atoms with Crippen LogP contribution in [0.3, 0.4) is 0 Å². The fourth-order valence-electron chi connectivity index (χ4n) is 4.36. The zero-order valence-corrected chi connectivity index (χ0v) is 16.9. The number of esters is 1. The van der Waals surface area contributed by atoms with E-state index in [0.717, 1.165) is 12.8 Å². The van der Waals surface area contributed by atoms with Crippen LogP contribution in [0.2, 0.25) is 0 Å². The summed E-state index contributed by atoms with van der Waals surface area (Å²) in [6, 6.07) is -1.59. The second-order valence-electron chi connectivity index (χ2n) is 9.29. The number of carbonyl (C=O) groups excluding carboxylic acids is 2. The van der Waals surface area contributed by atoms with Crippen molar-refractivity contribution in [3.8, 4) is 0 Å². The molecule has 8 heteroatoms. The van der Waals surface area contributed by atoms with Crippen molar-refractivity contribution < 1.29 is 27.8 Å². The molecule has 0 aromatic heterocycles. The molecule has 158 valence electrons. The molecule has 2 saturated heterocycles. The number of hydrogen-bond donors (Lipinski definition) is 0. The molecule has 0 aromatic rings. The molecule has 2 heterocycles. The lowest BCUT2D eigenvalue weighted by molar-refractivity contribution is -0.144. The molecule has 3 aliphatic rings. The van der Waals surface area contributed by atoms with Crippen LogP contribution in [0.15, 0.2) is 12.7 Å². The van der Waals surface area contributed by atoms with Gasteiger partial charge in [0, 0.05) is 13.1 Å². The molecule has 28 heavy (non-hydrogen) atoms. The summed E-state index contributed by atoms with van der Waals surface area (Å²) < 4.78 is 40.0. The molecule has 3 fully saturated rings. The average molecular weight is 400 g/mol. The van der Waals surface area contributed by atoms with Gasteiger partial charge in [-0.3, -0.25) is 14.6 Å². The quantitative estimate of drug-likeness (QED) is 0.506. The van der Waals surface area contributed by atoms with Crippen LogP contribution >= 0.6 is 0 Å². The second kappa shape index (κ2) is 7.28. The highest BCUT2D eigenvalue weighted by molar-refractivity contribution is 5.71. The van der Waals surface area contributed by atoms with Crippen molar-refractivity contribution in [3.63, 3.8) is 0 Å². The zero-order valence-electron chi connectivity index (χ0n) is 16.9. The molecule has 0 spiro atoms. The summed E-state index contributed by atoms with van der Waals surface area (Å²) in [5.74, 6) is -3.32. The molecule has 2 atom stereocenters. The molecule has 1 aliphatic carbocycles. The first kappa shape index (κ1) is 21.0. The van der Waals surface area contributed by atoms with Gasteiger partial charge in [0.05, 0.1) is 25.0 Å². The number of nitrogens with zero attached hydrogens (tertiary/aromatic N) is 2. The van der Waals surface area contributed by atoms with Crippen LogP contribution < -0.4 is 0 Å². The first-order valence-electron chi connectivity index (χ1n) is 9.84. The first-order chi connectivity index (χ1) is 13.0. The van der Waals surface area contributed by atoms with Crippen LogP contribution in [-0.4, -0.2) is 71.7 Å². The number of likely N-dealkylation sites (tertiary alicyclic amines) is 2. The van der Waals surface area contributed by atoms with E-state index in [9.17, 15) is 18.4 Å². The van der Waals surface area contributed by atoms with E-state index in [1.807, 2.05) is 0 Å². The molecule has 0 aromatic carbocycles. The first-order valence-corrected chi connectivity index (χ1v) is 9.84. The summed E-state index contributed by atoms with van der Waals surface area (Å²) in [6.07, 6.45) is 3.19.